The fourth-order valence-corrected chi connectivity index (χ4v) is 2.02. The van der Waals surface area contributed by atoms with Crippen LogP contribution in [0.3, 0.4) is 0 Å². The van der Waals surface area contributed by atoms with E-state index in [0.717, 1.165) is 21.2 Å². The number of nitrogens with two attached hydrogens (primary N) is 1. The van der Waals surface area contributed by atoms with E-state index in [-0.39, 0.29) is 5.75 Å². The van der Waals surface area contributed by atoms with Crippen molar-refractivity contribution in [3.63, 3.8) is 0 Å². The maximum atomic E-state index is 9.75. The van der Waals surface area contributed by atoms with Crippen molar-refractivity contribution in [2.45, 2.75) is 6.54 Å². The van der Waals surface area contributed by atoms with Gasteiger partial charge in [-0.25, -0.2) is 0 Å². The maximum Gasteiger partial charge on any atom is 0.123 e. The van der Waals surface area contributed by atoms with Gasteiger partial charge in [0.1, 0.15) is 5.75 Å². The average Bonchev–Trinajstić information content (AvgIpc) is 2.31. The quantitative estimate of drug-likeness (QED) is 0.885. The van der Waals surface area contributed by atoms with Crippen LogP contribution in [0.25, 0.3) is 11.1 Å². The Morgan fingerprint density at radius 1 is 1.12 bits per heavy atom. The lowest BCUT2D eigenvalue weighted by atomic mass is 10.0. The second kappa shape index (κ2) is 4.68. The van der Waals surface area contributed by atoms with Crippen molar-refractivity contribution in [1.29, 1.82) is 0 Å². The van der Waals surface area contributed by atoms with Gasteiger partial charge in [-0.1, -0.05) is 40.2 Å². The number of halogens is 1. The summed E-state index contributed by atoms with van der Waals surface area (Å²) in [6, 6.07) is 13.2. The molecule has 0 fully saturated rings. The standard InChI is InChI=1S/C13H12BrNO/c14-12-6-5-9(7-10(12)8-15)11-3-1-2-4-13(11)16/h1-7,16H,8,15H2. The van der Waals surface area contributed by atoms with Crippen LogP contribution in [0.5, 0.6) is 5.75 Å². The van der Waals surface area contributed by atoms with Crippen LogP contribution in [0.4, 0.5) is 0 Å². The molecule has 2 rings (SSSR count). The van der Waals surface area contributed by atoms with Crippen LogP contribution in [-0.4, -0.2) is 5.11 Å². The largest absolute Gasteiger partial charge is 0.507 e. The number of para-hydroxylation sites is 1. The first-order chi connectivity index (χ1) is 7.72. The Morgan fingerprint density at radius 2 is 1.88 bits per heavy atom. The summed E-state index contributed by atoms with van der Waals surface area (Å²) in [5.74, 6) is 0.285. The predicted octanol–water partition coefficient (Wildman–Crippen LogP) is 3.28. The topological polar surface area (TPSA) is 46.2 Å². The third kappa shape index (κ3) is 2.10. The van der Waals surface area contributed by atoms with Gasteiger partial charge in [-0.2, -0.15) is 0 Å². The summed E-state index contributed by atoms with van der Waals surface area (Å²) < 4.78 is 0.995. The zero-order chi connectivity index (χ0) is 11.5. The average molecular weight is 278 g/mol. The van der Waals surface area contributed by atoms with Gasteiger partial charge in [-0.3, -0.25) is 0 Å². The highest BCUT2D eigenvalue weighted by molar-refractivity contribution is 9.10. The van der Waals surface area contributed by atoms with Crippen LogP contribution in [0.15, 0.2) is 46.9 Å². The SMILES string of the molecule is NCc1cc(-c2ccccc2O)ccc1Br. The minimum atomic E-state index is 0.285. The highest BCUT2D eigenvalue weighted by Gasteiger charge is 2.05. The lowest BCUT2D eigenvalue weighted by Gasteiger charge is -2.07. The van der Waals surface area contributed by atoms with Crippen molar-refractivity contribution < 1.29 is 5.11 Å². The van der Waals surface area contributed by atoms with E-state index in [2.05, 4.69) is 15.9 Å². The van der Waals surface area contributed by atoms with E-state index in [1.807, 2.05) is 36.4 Å². The molecule has 0 heterocycles. The molecular weight excluding hydrogens is 266 g/mol. The van der Waals surface area contributed by atoms with E-state index in [4.69, 9.17) is 5.73 Å². The minimum Gasteiger partial charge on any atom is -0.507 e. The molecule has 0 bridgehead atoms. The molecule has 0 unspecified atom stereocenters. The van der Waals surface area contributed by atoms with Gasteiger partial charge >= 0.3 is 0 Å². The van der Waals surface area contributed by atoms with Gasteiger partial charge in [0.05, 0.1) is 0 Å². The van der Waals surface area contributed by atoms with E-state index >= 15 is 0 Å². The van der Waals surface area contributed by atoms with Crippen molar-refractivity contribution in [3.8, 4) is 16.9 Å². The fraction of sp³-hybridized carbons (Fsp3) is 0.0769. The molecule has 0 saturated carbocycles. The summed E-state index contributed by atoms with van der Waals surface area (Å²) in [6.07, 6.45) is 0. The van der Waals surface area contributed by atoms with E-state index in [9.17, 15) is 5.11 Å². The second-order valence-electron chi connectivity index (χ2n) is 3.53. The monoisotopic (exact) mass is 277 g/mol. The van der Waals surface area contributed by atoms with Crippen molar-refractivity contribution in [3.05, 3.63) is 52.5 Å². The number of benzene rings is 2. The Balaban J connectivity index is 2.53. The van der Waals surface area contributed by atoms with E-state index in [1.54, 1.807) is 6.07 Å². The van der Waals surface area contributed by atoms with E-state index in [0.29, 0.717) is 6.54 Å². The third-order valence-corrected chi connectivity index (χ3v) is 3.25. The first-order valence-electron chi connectivity index (χ1n) is 4.99. The number of phenolic OH excluding ortho intramolecular Hbond substituents is 1. The third-order valence-electron chi connectivity index (χ3n) is 2.48. The lowest BCUT2D eigenvalue weighted by Crippen LogP contribution is -1.97. The highest BCUT2D eigenvalue weighted by atomic mass is 79.9. The molecule has 2 nitrogen and oxygen atoms in total. The number of rotatable bonds is 2. The summed E-state index contributed by atoms with van der Waals surface area (Å²) in [5, 5.41) is 9.75. The fourth-order valence-electron chi connectivity index (χ4n) is 1.62. The van der Waals surface area contributed by atoms with Crippen LogP contribution in [0.2, 0.25) is 0 Å². The smallest absolute Gasteiger partial charge is 0.123 e. The molecule has 16 heavy (non-hydrogen) atoms. The van der Waals surface area contributed by atoms with Crippen LogP contribution in [-0.2, 0) is 6.54 Å². The Morgan fingerprint density at radius 3 is 2.56 bits per heavy atom. The summed E-state index contributed by atoms with van der Waals surface area (Å²) in [4.78, 5) is 0. The number of hydrogen-bond acceptors (Lipinski definition) is 2. The molecule has 82 valence electrons. The molecule has 0 saturated heterocycles. The highest BCUT2D eigenvalue weighted by Crippen LogP contribution is 2.31. The summed E-state index contributed by atoms with van der Waals surface area (Å²) >= 11 is 3.44. The van der Waals surface area contributed by atoms with E-state index < -0.39 is 0 Å². The molecule has 0 aliphatic carbocycles. The van der Waals surface area contributed by atoms with Crippen LogP contribution < -0.4 is 5.73 Å². The summed E-state index contributed by atoms with van der Waals surface area (Å²) in [7, 11) is 0. The molecule has 2 aromatic carbocycles. The number of hydrogen-bond donors (Lipinski definition) is 2. The van der Waals surface area contributed by atoms with Gasteiger partial charge in [0.2, 0.25) is 0 Å². The summed E-state index contributed by atoms with van der Waals surface area (Å²) in [5.41, 5.74) is 8.47. The first kappa shape index (κ1) is 11.2. The molecule has 0 atom stereocenters. The maximum absolute atomic E-state index is 9.75. The first-order valence-corrected chi connectivity index (χ1v) is 5.78. The number of aromatic hydroxyl groups is 1. The zero-order valence-corrected chi connectivity index (χ0v) is 10.2. The van der Waals surface area contributed by atoms with Crippen LogP contribution in [0.1, 0.15) is 5.56 Å². The van der Waals surface area contributed by atoms with Gasteiger partial charge in [0, 0.05) is 16.6 Å². The normalized spacial score (nSPS) is 10.4. The summed E-state index contributed by atoms with van der Waals surface area (Å²) in [6.45, 7) is 0.474. The molecule has 3 heteroatoms. The Kier molecular flexibility index (Phi) is 3.27. The molecule has 0 amide bonds. The van der Waals surface area contributed by atoms with Gasteiger partial charge in [-0.05, 0) is 29.3 Å². The Hall–Kier alpha value is -1.32. The zero-order valence-electron chi connectivity index (χ0n) is 8.65. The van der Waals surface area contributed by atoms with Crippen molar-refractivity contribution in [2.24, 2.45) is 5.73 Å². The van der Waals surface area contributed by atoms with Gasteiger partial charge in [-0.15, -0.1) is 0 Å². The molecule has 0 radical (unpaired) electrons. The minimum absolute atomic E-state index is 0.285. The van der Waals surface area contributed by atoms with Crippen molar-refractivity contribution >= 4 is 15.9 Å². The van der Waals surface area contributed by atoms with Gasteiger partial charge < -0.3 is 10.8 Å². The molecule has 0 aromatic heterocycles. The molecule has 2 aromatic rings. The molecule has 0 aliphatic rings. The van der Waals surface area contributed by atoms with Crippen LogP contribution in [0, 0.1) is 0 Å². The molecule has 3 N–H and O–H groups in total. The van der Waals surface area contributed by atoms with E-state index in [1.165, 1.54) is 0 Å². The Labute approximate surface area is 103 Å². The van der Waals surface area contributed by atoms with Gasteiger partial charge in [0.15, 0.2) is 0 Å². The molecule has 0 spiro atoms. The number of phenols is 1. The predicted molar refractivity (Wildman–Crippen MR) is 69.1 cm³/mol. The van der Waals surface area contributed by atoms with Crippen LogP contribution >= 0.6 is 15.9 Å². The second-order valence-corrected chi connectivity index (χ2v) is 4.38. The Bertz CT molecular complexity index is 511. The molecule has 0 aliphatic heterocycles. The molecular formula is C13H12BrNO. The van der Waals surface area contributed by atoms with Crippen molar-refractivity contribution in [1.82, 2.24) is 0 Å². The van der Waals surface area contributed by atoms with Gasteiger partial charge in [0.25, 0.3) is 0 Å². The lowest BCUT2D eigenvalue weighted by molar-refractivity contribution is 0.477. The van der Waals surface area contributed by atoms with Crippen molar-refractivity contribution in [2.75, 3.05) is 0 Å².